The van der Waals surface area contributed by atoms with Crippen molar-refractivity contribution < 1.29 is 4.79 Å². The Labute approximate surface area is 76.7 Å². The van der Waals surface area contributed by atoms with E-state index in [1.807, 2.05) is 6.07 Å². The highest BCUT2D eigenvalue weighted by Crippen LogP contribution is 2.00. The van der Waals surface area contributed by atoms with Crippen LogP contribution in [0.1, 0.15) is 16.9 Å². The molecule has 0 aromatic carbocycles. The summed E-state index contributed by atoms with van der Waals surface area (Å²) >= 11 is 0. The molecule has 2 rings (SSSR count). The molecular weight excluding hydrogens is 166 g/mol. The molecule has 3 N–H and O–H groups in total. The lowest BCUT2D eigenvalue weighted by Gasteiger charge is -2.09. The zero-order valence-corrected chi connectivity index (χ0v) is 7.34. The number of nitrogens with one attached hydrogen (secondary N) is 3. The molecule has 0 saturated carbocycles. The van der Waals surface area contributed by atoms with Gasteiger partial charge in [0.25, 0.3) is 5.91 Å². The Morgan fingerprint density at radius 1 is 1.62 bits per heavy atom. The summed E-state index contributed by atoms with van der Waals surface area (Å²) in [5, 5.41) is 6.15. The first kappa shape index (κ1) is 8.31. The van der Waals surface area contributed by atoms with Crippen molar-refractivity contribution in [2.75, 3.05) is 13.1 Å². The van der Waals surface area contributed by atoms with Crippen molar-refractivity contribution in [3.63, 3.8) is 0 Å². The second-order valence-corrected chi connectivity index (χ2v) is 3.25. The molecule has 2 heterocycles. The second-order valence-electron chi connectivity index (χ2n) is 3.25. The van der Waals surface area contributed by atoms with Gasteiger partial charge in [-0.3, -0.25) is 4.79 Å². The number of amides is 1. The van der Waals surface area contributed by atoms with Crippen LogP contribution in [0.4, 0.5) is 0 Å². The third kappa shape index (κ3) is 1.89. The molecule has 0 aliphatic carbocycles. The van der Waals surface area contributed by atoms with Crippen LogP contribution in [0, 0.1) is 0 Å². The molecule has 1 atom stereocenters. The van der Waals surface area contributed by atoms with Crippen LogP contribution in [0.3, 0.4) is 0 Å². The summed E-state index contributed by atoms with van der Waals surface area (Å²) in [5.41, 5.74) is 0.631. The van der Waals surface area contributed by atoms with Crippen molar-refractivity contribution in [2.24, 2.45) is 0 Å². The van der Waals surface area contributed by atoms with Gasteiger partial charge in [0, 0.05) is 18.8 Å². The van der Waals surface area contributed by atoms with Crippen LogP contribution in [0.2, 0.25) is 0 Å². The van der Waals surface area contributed by atoms with Crippen LogP contribution in [0.25, 0.3) is 0 Å². The van der Waals surface area contributed by atoms with Crippen molar-refractivity contribution >= 4 is 5.91 Å². The number of H-pyrrole nitrogens is 1. The van der Waals surface area contributed by atoms with E-state index >= 15 is 0 Å². The van der Waals surface area contributed by atoms with Crippen LogP contribution >= 0.6 is 0 Å². The summed E-state index contributed by atoms with van der Waals surface area (Å²) in [7, 11) is 0. The monoisotopic (exact) mass is 179 g/mol. The lowest BCUT2D eigenvalue weighted by Crippen LogP contribution is -2.36. The van der Waals surface area contributed by atoms with Crippen molar-refractivity contribution in [1.82, 2.24) is 15.6 Å². The zero-order chi connectivity index (χ0) is 9.10. The molecule has 1 aromatic rings. The van der Waals surface area contributed by atoms with Crippen molar-refractivity contribution in [3.05, 3.63) is 24.0 Å². The minimum Gasteiger partial charge on any atom is -0.357 e. The van der Waals surface area contributed by atoms with Crippen molar-refractivity contribution in [1.29, 1.82) is 0 Å². The minimum absolute atomic E-state index is 0.0151. The molecule has 70 valence electrons. The van der Waals surface area contributed by atoms with E-state index < -0.39 is 0 Å². The summed E-state index contributed by atoms with van der Waals surface area (Å²) in [6, 6.07) is 3.88. The highest BCUT2D eigenvalue weighted by atomic mass is 16.1. The minimum atomic E-state index is -0.0151. The van der Waals surface area contributed by atoms with Crippen LogP contribution in [-0.2, 0) is 0 Å². The molecule has 4 heteroatoms. The van der Waals surface area contributed by atoms with Gasteiger partial charge in [0.2, 0.25) is 0 Å². The fourth-order valence-electron chi connectivity index (χ4n) is 1.51. The number of carbonyl (C=O) groups excluding carboxylic acids is 1. The Bertz CT molecular complexity index is 275. The Kier molecular flexibility index (Phi) is 2.31. The average Bonchev–Trinajstić information content (AvgIpc) is 2.74. The quantitative estimate of drug-likeness (QED) is 0.603. The Morgan fingerprint density at radius 3 is 3.15 bits per heavy atom. The highest BCUT2D eigenvalue weighted by molar-refractivity contribution is 5.92. The fourth-order valence-corrected chi connectivity index (χ4v) is 1.51. The van der Waals surface area contributed by atoms with E-state index in [4.69, 9.17) is 0 Å². The van der Waals surface area contributed by atoms with Gasteiger partial charge in [-0.15, -0.1) is 0 Å². The number of hydrogen-bond donors (Lipinski definition) is 3. The average molecular weight is 179 g/mol. The van der Waals surface area contributed by atoms with Crippen molar-refractivity contribution in [3.8, 4) is 0 Å². The molecule has 0 radical (unpaired) electrons. The molecule has 13 heavy (non-hydrogen) atoms. The van der Waals surface area contributed by atoms with Gasteiger partial charge in [-0.05, 0) is 25.1 Å². The summed E-state index contributed by atoms with van der Waals surface area (Å²) in [6.45, 7) is 1.88. The number of hydrogen-bond acceptors (Lipinski definition) is 2. The van der Waals surface area contributed by atoms with E-state index in [0.717, 1.165) is 19.5 Å². The molecular formula is C9H13N3O. The third-order valence-electron chi connectivity index (χ3n) is 2.24. The van der Waals surface area contributed by atoms with Gasteiger partial charge in [0.15, 0.2) is 0 Å². The van der Waals surface area contributed by atoms with E-state index in [9.17, 15) is 4.79 Å². The van der Waals surface area contributed by atoms with Crippen molar-refractivity contribution in [2.45, 2.75) is 12.5 Å². The molecule has 1 aliphatic heterocycles. The van der Waals surface area contributed by atoms with Gasteiger partial charge in [0.05, 0.1) is 0 Å². The molecule has 1 amide bonds. The molecule has 1 saturated heterocycles. The lowest BCUT2D eigenvalue weighted by molar-refractivity contribution is 0.0935. The summed E-state index contributed by atoms with van der Waals surface area (Å²) in [4.78, 5) is 14.4. The third-order valence-corrected chi connectivity index (χ3v) is 2.24. The normalized spacial score (nSPS) is 21.7. The predicted octanol–water partition coefficient (Wildman–Crippen LogP) is 0.106. The van der Waals surface area contributed by atoms with E-state index in [1.165, 1.54) is 0 Å². The van der Waals surface area contributed by atoms with Crippen LogP contribution in [0.15, 0.2) is 18.3 Å². The summed E-state index contributed by atoms with van der Waals surface area (Å²) in [6.07, 6.45) is 2.77. The molecule has 0 bridgehead atoms. The number of carbonyl (C=O) groups is 1. The Morgan fingerprint density at radius 2 is 2.54 bits per heavy atom. The SMILES string of the molecule is O=C(N[C@H]1CCNC1)c1ccc[nH]1. The molecule has 1 aromatic heterocycles. The molecule has 0 unspecified atom stereocenters. The topological polar surface area (TPSA) is 56.9 Å². The van der Waals surface area contributed by atoms with Crippen LogP contribution in [0.5, 0.6) is 0 Å². The summed E-state index contributed by atoms with van der Waals surface area (Å²) in [5.74, 6) is -0.0151. The lowest BCUT2D eigenvalue weighted by atomic mass is 10.2. The highest BCUT2D eigenvalue weighted by Gasteiger charge is 2.17. The zero-order valence-electron chi connectivity index (χ0n) is 7.34. The summed E-state index contributed by atoms with van der Waals surface area (Å²) < 4.78 is 0. The molecule has 4 nitrogen and oxygen atoms in total. The van der Waals surface area contributed by atoms with Gasteiger partial charge in [-0.1, -0.05) is 0 Å². The second kappa shape index (κ2) is 3.62. The first-order valence-electron chi connectivity index (χ1n) is 4.51. The maximum absolute atomic E-state index is 11.5. The van der Waals surface area contributed by atoms with Gasteiger partial charge >= 0.3 is 0 Å². The van der Waals surface area contributed by atoms with Gasteiger partial charge < -0.3 is 15.6 Å². The largest absolute Gasteiger partial charge is 0.357 e. The fraction of sp³-hybridized carbons (Fsp3) is 0.444. The predicted molar refractivity (Wildman–Crippen MR) is 49.5 cm³/mol. The van der Waals surface area contributed by atoms with E-state index in [2.05, 4.69) is 15.6 Å². The maximum Gasteiger partial charge on any atom is 0.267 e. The van der Waals surface area contributed by atoms with E-state index in [0.29, 0.717) is 5.69 Å². The Balaban J connectivity index is 1.91. The molecule has 1 aliphatic rings. The van der Waals surface area contributed by atoms with Gasteiger partial charge in [0.1, 0.15) is 5.69 Å². The molecule has 0 spiro atoms. The smallest absolute Gasteiger partial charge is 0.267 e. The van der Waals surface area contributed by atoms with Gasteiger partial charge in [-0.25, -0.2) is 0 Å². The number of rotatable bonds is 2. The van der Waals surface area contributed by atoms with Crippen LogP contribution < -0.4 is 10.6 Å². The van der Waals surface area contributed by atoms with Crippen LogP contribution in [-0.4, -0.2) is 30.0 Å². The first-order valence-corrected chi connectivity index (χ1v) is 4.51. The first-order chi connectivity index (χ1) is 6.36. The van der Waals surface area contributed by atoms with E-state index in [1.54, 1.807) is 12.3 Å². The van der Waals surface area contributed by atoms with E-state index in [-0.39, 0.29) is 11.9 Å². The number of aromatic nitrogens is 1. The maximum atomic E-state index is 11.5. The Hall–Kier alpha value is -1.29. The van der Waals surface area contributed by atoms with Gasteiger partial charge in [-0.2, -0.15) is 0 Å². The standard InChI is InChI=1S/C9H13N3O/c13-9(8-2-1-4-11-8)12-7-3-5-10-6-7/h1-2,4,7,10-11H,3,5-6H2,(H,12,13)/t7-/m0/s1. The molecule has 1 fully saturated rings. The number of aromatic amines is 1.